The minimum atomic E-state index is -0.471. The minimum Gasteiger partial charge on any atom is -0.344 e. The molecular formula is C18H21N3O2. The topological polar surface area (TPSA) is 71.1 Å². The van der Waals surface area contributed by atoms with Crippen molar-refractivity contribution in [2.75, 3.05) is 5.32 Å². The van der Waals surface area contributed by atoms with Crippen molar-refractivity contribution in [2.24, 2.45) is 5.92 Å². The molecule has 0 unspecified atom stereocenters. The molecule has 1 aromatic heterocycles. The normalized spacial score (nSPS) is 16.2. The van der Waals surface area contributed by atoms with Crippen molar-refractivity contribution in [3.63, 3.8) is 0 Å². The predicted octanol–water partition coefficient (Wildman–Crippen LogP) is 2.87. The molecule has 1 aliphatic carbocycles. The third-order valence-electron chi connectivity index (χ3n) is 4.37. The summed E-state index contributed by atoms with van der Waals surface area (Å²) < 4.78 is 0. The standard InChI is InChI=1S/C18H21N3O2/c1-12(22)20-17(13-6-2-3-7-13)18(23)21-15-10-14-8-4-5-9-16(14)19-11-15/h4-5,8-11,13,17H,2-3,6-7H2,1H3,(H,20,22)(H,21,23)/t17-/m1/s1. The van der Waals surface area contributed by atoms with Gasteiger partial charge in [-0.05, 0) is 30.9 Å². The molecule has 2 N–H and O–H groups in total. The third kappa shape index (κ3) is 3.67. The van der Waals surface area contributed by atoms with Crippen LogP contribution in [-0.2, 0) is 9.59 Å². The monoisotopic (exact) mass is 311 g/mol. The Labute approximate surface area is 135 Å². The quantitative estimate of drug-likeness (QED) is 0.912. The first-order chi connectivity index (χ1) is 11.1. The Morgan fingerprint density at radius 2 is 1.96 bits per heavy atom. The van der Waals surface area contributed by atoms with E-state index in [4.69, 9.17) is 0 Å². The van der Waals surface area contributed by atoms with Crippen LogP contribution in [0.15, 0.2) is 36.5 Å². The van der Waals surface area contributed by atoms with Crippen LogP contribution >= 0.6 is 0 Å². The number of nitrogens with zero attached hydrogens (tertiary/aromatic N) is 1. The van der Waals surface area contributed by atoms with E-state index in [2.05, 4.69) is 15.6 Å². The summed E-state index contributed by atoms with van der Waals surface area (Å²) in [7, 11) is 0. The highest BCUT2D eigenvalue weighted by molar-refractivity contribution is 5.98. The smallest absolute Gasteiger partial charge is 0.247 e. The van der Waals surface area contributed by atoms with Crippen molar-refractivity contribution in [1.82, 2.24) is 10.3 Å². The van der Waals surface area contributed by atoms with Crippen LogP contribution in [0.3, 0.4) is 0 Å². The zero-order chi connectivity index (χ0) is 16.2. The Hall–Kier alpha value is -2.43. The Morgan fingerprint density at radius 3 is 2.70 bits per heavy atom. The van der Waals surface area contributed by atoms with Gasteiger partial charge in [0.2, 0.25) is 11.8 Å². The summed E-state index contributed by atoms with van der Waals surface area (Å²) in [4.78, 5) is 28.4. The van der Waals surface area contributed by atoms with Gasteiger partial charge in [-0.3, -0.25) is 14.6 Å². The Kier molecular flexibility index (Phi) is 4.55. The van der Waals surface area contributed by atoms with Gasteiger partial charge in [0, 0.05) is 12.3 Å². The largest absolute Gasteiger partial charge is 0.344 e. The fourth-order valence-corrected chi connectivity index (χ4v) is 3.27. The van der Waals surface area contributed by atoms with Crippen LogP contribution in [0.2, 0.25) is 0 Å². The molecule has 1 aromatic carbocycles. The number of amides is 2. The van der Waals surface area contributed by atoms with E-state index in [1.54, 1.807) is 6.20 Å². The number of rotatable bonds is 4. The summed E-state index contributed by atoms with van der Waals surface area (Å²) in [5.41, 5.74) is 1.54. The molecule has 0 bridgehead atoms. The van der Waals surface area contributed by atoms with Gasteiger partial charge >= 0.3 is 0 Å². The first-order valence-corrected chi connectivity index (χ1v) is 8.06. The molecule has 120 valence electrons. The second-order valence-electron chi connectivity index (χ2n) is 6.13. The highest BCUT2D eigenvalue weighted by Gasteiger charge is 2.31. The Bertz CT molecular complexity index is 723. The van der Waals surface area contributed by atoms with Crippen molar-refractivity contribution in [3.8, 4) is 0 Å². The lowest BCUT2D eigenvalue weighted by atomic mass is 9.97. The molecule has 5 heteroatoms. The Balaban J connectivity index is 1.77. The van der Waals surface area contributed by atoms with Crippen LogP contribution in [0, 0.1) is 5.92 Å². The van der Waals surface area contributed by atoms with E-state index < -0.39 is 6.04 Å². The fourth-order valence-electron chi connectivity index (χ4n) is 3.27. The van der Waals surface area contributed by atoms with Crippen LogP contribution in [0.25, 0.3) is 10.9 Å². The van der Waals surface area contributed by atoms with Crippen molar-refractivity contribution in [2.45, 2.75) is 38.6 Å². The van der Waals surface area contributed by atoms with E-state index in [9.17, 15) is 9.59 Å². The number of aromatic nitrogens is 1. The van der Waals surface area contributed by atoms with E-state index in [1.807, 2.05) is 30.3 Å². The number of hydrogen-bond acceptors (Lipinski definition) is 3. The van der Waals surface area contributed by atoms with E-state index >= 15 is 0 Å². The molecule has 2 aromatic rings. The first kappa shape index (κ1) is 15.5. The zero-order valence-electron chi connectivity index (χ0n) is 13.2. The number of anilines is 1. The van der Waals surface area contributed by atoms with Gasteiger partial charge in [-0.15, -0.1) is 0 Å². The van der Waals surface area contributed by atoms with Crippen molar-refractivity contribution in [3.05, 3.63) is 36.5 Å². The Morgan fingerprint density at radius 1 is 1.22 bits per heavy atom. The van der Waals surface area contributed by atoms with Gasteiger partial charge in [0.1, 0.15) is 6.04 Å². The molecule has 1 atom stereocenters. The number of hydrogen-bond donors (Lipinski definition) is 2. The number of para-hydroxylation sites is 1. The molecular weight excluding hydrogens is 290 g/mol. The maximum atomic E-state index is 12.6. The number of fused-ring (bicyclic) bond motifs is 1. The van der Waals surface area contributed by atoms with E-state index in [1.165, 1.54) is 6.92 Å². The lowest BCUT2D eigenvalue weighted by Gasteiger charge is -2.23. The van der Waals surface area contributed by atoms with Crippen LogP contribution in [0.1, 0.15) is 32.6 Å². The molecule has 23 heavy (non-hydrogen) atoms. The summed E-state index contributed by atoms with van der Waals surface area (Å²) in [6, 6.07) is 9.19. The third-order valence-corrected chi connectivity index (χ3v) is 4.37. The molecule has 1 aliphatic rings. The molecule has 0 spiro atoms. The lowest BCUT2D eigenvalue weighted by molar-refractivity contribution is -0.126. The molecule has 3 rings (SSSR count). The van der Waals surface area contributed by atoms with Gasteiger partial charge < -0.3 is 10.6 Å². The predicted molar refractivity (Wildman–Crippen MR) is 89.9 cm³/mol. The van der Waals surface area contributed by atoms with Crippen molar-refractivity contribution in [1.29, 1.82) is 0 Å². The molecule has 1 heterocycles. The minimum absolute atomic E-state index is 0.163. The van der Waals surface area contributed by atoms with Crippen molar-refractivity contribution >= 4 is 28.4 Å². The number of nitrogens with one attached hydrogen (secondary N) is 2. The average molecular weight is 311 g/mol. The molecule has 0 radical (unpaired) electrons. The summed E-state index contributed by atoms with van der Waals surface area (Å²) in [6.45, 7) is 1.45. The highest BCUT2D eigenvalue weighted by atomic mass is 16.2. The number of pyridine rings is 1. The van der Waals surface area contributed by atoms with Gasteiger partial charge in [0.15, 0.2) is 0 Å². The number of carbonyl (C=O) groups excluding carboxylic acids is 2. The van der Waals surface area contributed by atoms with Crippen LogP contribution < -0.4 is 10.6 Å². The van der Waals surface area contributed by atoms with Crippen LogP contribution in [0.5, 0.6) is 0 Å². The fraction of sp³-hybridized carbons (Fsp3) is 0.389. The van der Waals surface area contributed by atoms with Gasteiger partial charge in [0.05, 0.1) is 17.4 Å². The van der Waals surface area contributed by atoms with E-state index in [-0.39, 0.29) is 17.7 Å². The van der Waals surface area contributed by atoms with Gasteiger partial charge in [-0.25, -0.2) is 0 Å². The first-order valence-electron chi connectivity index (χ1n) is 8.06. The molecule has 5 nitrogen and oxygen atoms in total. The molecule has 1 saturated carbocycles. The maximum absolute atomic E-state index is 12.6. The van der Waals surface area contributed by atoms with Gasteiger partial charge in [-0.1, -0.05) is 31.0 Å². The SMILES string of the molecule is CC(=O)N[C@@H](C(=O)Nc1cnc2ccccc2c1)C1CCCC1. The summed E-state index contributed by atoms with van der Waals surface area (Å²) in [6.07, 6.45) is 5.85. The second-order valence-corrected chi connectivity index (χ2v) is 6.13. The van der Waals surface area contributed by atoms with Gasteiger partial charge in [-0.2, -0.15) is 0 Å². The van der Waals surface area contributed by atoms with Crippen LogP contribution in [0.4, 0.5) is 5.69 Å². The van der Waals surface area contributed by atoms with E-state index in [0.717, 1.165) is 36.6 Å². The average Bonchev–Trinajstić information content (AvgIpc) is 3.06. The van der Waals surface area contributed by atoms with Crippen LogP contribution in [-0.4, -0.2) is 22.8 Å². The molecule has 0 aliphatic heterocycles. The summed E-state index contributed by atoms with van der Waals surface area (Å²) in [5, 5.41) is 6.68. The van der Waals surface area contributed by atoms with E-state index in [0.29, 0.717) is 5.69 Å². The molecule has 1 fully saturated rings. The number of benzene rings is 1. The van der Waals surface area contributed by atoms with Gasteiger partial charge in [0.25, 0.3) is 0 Å². The number of carbonyl (C=O) groups is 2. The summed E-state index contributed by atoms with van der Waals surface area (Å²) in [5.74, 6) is -0.120. The summed E-state index contributed by atoms with van der Waals surface area (Å²) >= 11 is 0. The lowest BCUT2D eigenvalue weighted by Crippen LogP contribution is -2.47. The molecule has 0 saturated heterocycles. The van der Waals surface area contributed by atoms with Crippen molar-refractivity contribution < 1.29 is 9.59 Å². The zero-order valence-corrected chi connectivity index (χ0v) is 13.2. The maximum Gasteiger partial charge on any atom is 0.247 e. The molecule has 2 amide bonds. The highest BCUT2D eigenvalue weighted by Crippen LogP contribution is 2.28. The second kappa shape index (κ2) is 6.77.